The zero-order chi connectivity index (χ0) is 13.4. The van der Waals surface area contributed by atoms with Crippen molar-refractivity contribution in [3.05, 3.63) is 65.2 Å². The maximum absolute atomic E-state index is 12.4. The van der Waals surface area contributed by atoms with Gasteiger partial charge < -0.3 is 4.42 Å². The minimum absolute atomic E-state index is 0.124. The van der Waals surface area contributed by atoms with E-state index in [1.165, 1.54) is 0 Å². The predicted molar refractivity (Wildman–Crippen MR) is 73.4 cm³/mol. The molecule has 0 aliphatic carbocycles. The Balaban J connectivity index is 2.08. The number of benzene rings is 1. The second-order valence-electron chi connectivity index (χ2n) is 4.56. The predicted octanol–water partition coefficient (Wildman–Crippen LogP) is 3.68. The number of pyridine rings is 1. The molecule has 19 heavy (non-hydrogen) atoms. The molecule has 0 atom stereocenters. The van der Waals surface area contributed by atoms with Crippen LogP contribution < -0.4 is 0 Å². The van der Waals surface area contributed by atoms with Crippen molar-refractivity contribution in [1.82, 2.24) is 4.98 Å². The van der Waals surface area contributed by atoms with Crippen LogP contribution in [0.3, 0.4) is 0 Å². The molecule has 0 radical (unpaired) electrons. The van der Waals surface area contributed by atoms with Crippen LogP contribution in [-0.2, 0) is 0 Å². The van der Waals surface area contributed by atoms with Gasteiger partial charge in [-0.2, -0.15) is 0 Å². The fourth-order valence-corrected chi connectivity index (χ4v) is 2.15. The summed E-state index contributed by atoms with van der Waals surface area (Å²) < 4.78 is 5.59. The molecule has 0 saturated carbocycles. The van der Waals surface area contributed by atoms with Gasteiger partial charge in [-0.1, -0.05) is 18.2 Å². The Hall–Kier alpha value is -2.42. The van der Waals surface area contributed by atoms with Crippen molar-refractivity contribution in [3.8, 4) is 0 Å². The van der Waals surface area contributed by atoms with Crippen molar-refractivity contribution >= 4 is 16.8 Å². The van der Waals surface area contributed by atoms with Crippen LogP contribution in [0, 0.1) is 13.8 Å². The van der Waals surface area contributed by atoms with E-state index >= 15 is 0 Å². The van der Waals surface area contributed by atoms with Gasteiger partial charge in [0.1, 0.15) is 5.58 Å². The van der Waals surface area contributed by atoms with E-state index in [0.29, 0.717) is 11.3 Å². The van der Waals surface area contributed by atoms with Crippen LogP contribution in [0.4, 0.5) is 0 Å². The first-order valence-electron chi connectivity index (χ1n) is 6.12. The largest absolute Gasteiger partial charge is 0.453 e. The summed E-state index contributed by atoms with van der Waals surface area (Å²) in [5.74, 6) is 0.233. The lowest BCUT2D eigenvalue weighted by atomic mass is 10.1. The number of fused-ring (bicyclic) bond motifs is 1. The molecule has 0 aliphatic rings. The topological polar surface area (TPSA) is 43.1 Å². The molecule has 0 saturated heterocycles. The van der Waals surface area contributed by atoms with Crippen molar-refractivity contribution < 1.29 is 9.21 Å². The lowest BCUT2D eigenvalue weighted by molar-refractivity contribution is 0.101. The summed E-state index contributed by atoms with van der Waals surface area (Å²) in [6.07, 6.45) is 0. The monoisotopic (exact) mass is 251 g/mol. The molecule has 3 rings (SSSR count). The van der Waals surface area contributed by atoms with E-state index in [0.717, 1.165) is 22.4 Å². The fourth-order valence-electron chi connectivity index (χ4n) is 2.15. The molecule has 1 aromatic carbocycles. The summed E-state index contributed by atoms with van der Waals surface area (Å²) in [5.41, 5.74) is 2.94. The van der Waals surface area contributed by atoms with Gasteiger partial charge in [0.2, 0.25) is 5.78 Å². The van der Waals surface area contributed by atoms with Gasteiger partial charge >= 0.3 is 0 Å². The summed E-state index contributed by atoms with van der Waals surface area (Å²) in [5, 5.41) is 0.934. The Morgan fingerprint density at radius 1 is 1.11 bits per heavy atom. The Morgan fingerprint density at radius 3 is 2.63 bits per heavy atom. The molecule has 0 N–H and O–H groups in total. The number of aryl methyl sites for hydroxylation is 2. The quantitative estimate of drug-likeness (QED) is 0.652. The Bertz CT molecular complexity index is 738. The van der Waals surface area contributed by atoms with E-state index in [2.05, 4.69) is 4.98 Å². The zero-order valence-corrected chi connectivity index (χ0v) is 10.8. The Morgan fingerprint density at radius 2 is 1.89 bits per heavy atom. The van der Waals surface area contributed by atoms with Crippen molar-refractivity contribution in [1.29, 1.82) is 0 Å². The van der Waals surface area contributed by atoms with Gasteiger partial charge in [0.25, 0.3) is 0 Å². The smallest absolute Gasteiger partial charge is 0.230 e. The first kappa shape index (κ1) is 11.7. The second-order valence-corrected chi connectivity index (χ2v) is 4.56. The van der Waals surface area contributed by atoms with Crippen molar-refractivity contribution in [3.63, 3.8) is 0 Å². The number of rotatable bonds is 2. The molecule has 0 amide bonds. The molecule has 94 valence electrons. The van der Waals surface area contributed by atoms with Crippen LogP contribution in [0.2, 0.25) is 0 Å². The average Bonchev–Trinajstić information content (AvgIpc) is 2.81. The number of carbonyl (C=O) groups excluding carboxylic acids is 1. The highest BCUT2D eigenvalue weighted by atomic mass is 16.3. The molecule has 0 aliphatic heterocycles. The van der Waals surface area contributed by atoms with Gasteiger partial charge in [0, 0.05) is 22.3 Å². The number of aromatic nitrogens is 1. The van der Waals surface area contributed by atoms with Crippen LogP contribution in [0.5, 0.6) is 0 Å². The molecule has 3 aromatic rings. The summed E-state index contributed by atoms with van der Waals surface area (Å²) in [4.78, 5) is 16.7. The summed E-state index contributed by atoms with van der Waals surface area (Å²) in [7, 11) is 0. The van der Waals surface area contributed by atoms with Gasteiger partial charge in [0.15, 0.2) is 5.76 Å². The fraction of sp³-hybridized carbons (Fsp3) is 0.125. The van der Waals surface area contributed by atoms with Crippen LogP contribution in [-0.4, -0.2) is 10.8 Å². The van der Waals surface area contributed by atoms with E-state index in [9.17, 15) is 4.79 Å². The van der Waals surface area contributed by atoms with E-state index in [1.807, 2.05) is 44.2 Å². The number of para-hydroxylation sites is 1. The maximum Gasteiger partial charge on any atom is 0.230 e. The molecule has 0 spiro atoms. The van der Waals surface area contributed by atoms with E-state index in [-0.39, 0.29) is 5.78 Å². The van der Waals surface area contributed by atoms with Gasteiger partial charge in [-0.05, 0) is 38.1 Å². The molecule has 2 heterocycles. The highest BCUT2D eigenvalue weighted by molar-refractivity contribution is 6.09. The first-order chi connectivity index (χ1) is 9.15. The van der Waals surface area contributed by atoms with Gasteiger partial charge in [-0.25, -0.2) is 0 Å². The van der Waals surface area contributed by atoms with Crippen LogP contribution >= 0.6 is 0 Å². The number of ketones is 1. The minimum Gasteiger partial charge on any atom is -0.453 e. The summed E-state index contributed by atoms with van der Waals surface area (Å²) in [6, 6.07) is 13.0. The highest BCUT2D eigenvalue weighted by Gasteiger charge is 2.17. The van der Waals surface area contributed by atoms with Crippen LogP contribution in [0.1, 0.15) is 27.5 Å². The normalized spacial score (nSPS) is 10.8. The lowest BCUT2D eigenvalue weighted by Gasteiger charge is -2.02. The van der Waals surface area contributed by atoms with Crippen LogP contribution in [0.15, 0.2) is 46.9 Å². The second kappa shape index (κ2) is 4.35. The summed E-state index contributed by atoms with van der Waals surface area (Å²) in [6.45, 7) is 3.74. The highest BCUT2D eigenvalue weighted by Crippen LogP contribution is 2.22. The number of carbonyl (C=O) groups is 1. The van der Waals surface area contributed by atoms with E-state index < -0.39 is 0 Å². The van der Waals surface area contributed by atoms with Crippen molar-refractivity contribution in [2.45, 2.75) is 13.8 Å². The molecule has 0 bridgehead atoms. The first-order valence-corrected chi connectivity index (χ1v) is 6.12. The molecular weight excluding hydrogens is 238 g/mol. The molecular formula is C16H13NO2. The number of furan rings is 1. The van der Waals surface area contributed by atoms with Gasteiger partial charge in [0.05, 0.1) is 0 Å². The van der Waals surface area contributed by atoms with E-state index in [1.54, 1.807) is 12.1 Å². The third-order valence-corrected chi connectivity index (χ3v) is 3.12. The standard InChI is InChI=1S/C16H13NO2/c1-10-7-8-13(11(2)17-10)16(18)15-9-12-5-3-4-6-14(12)19-15/h3-9H,1-2H3. The molecule has 0 fully saturated rings. The molecule has 2 aromatic heterocycles. The van der Waals surface area contributed by atoms with Gasteiger partial charge in [-0.3, -0.25) is 9.78 Å². The Labute approximate surface area is 110 Å². The summed E-state index contributed by atoms with van der Waals surface area (Å²) >= 11 is 0. The number of nitrogens with zero attached hydrogens (tertiary/aromatic N) is 1. The van der Waals surface area contributed by atoms with E-state index in [4.69, 9.17) is 4.42 Å². The van der Waals surface area contributed by atoms with Crippen molar-refractivity contribution in [2.75, 3.05) is 0 Å². The minimum atomic E-state index is -0.124. The SMILES string of the molecule is Cc1ccc(C(=O)c2cc3ccccc3o2)c(C)n1. The molecule has 0 unspecified atom stereocenters. The number of hydrogen-bond donors (Lipinski definition) is 0. The molecule has 3 nitrogen and oxygen atoms in total. The van der Waals surface area contributed by atoms with Crippen LogP contribution in [0.25, 0.3) is 11.0 Å². The third kappa shape index (κ3) is 2.03. The third-order valence-electron chi connectivity index (χ3n) is 3.12. The average molecular weight is 251 g/mol. The Kier molecular flexibility index (Phi) is 2.67. The number of hydrogen-bond acceptors (Lipinski definition) is 3. The maximum atomic E-state index is 12.4. The lowest BCUT2D eigenvalue weighted by Crippen LogP contribution is -2.04. The molecule has 3 heteroatoms. The van der Waals surface area contributed by atoms with Gasteiger partial charge in [-0.15, -0.1) is 0 Å². The zero-order valence-electron chi connectivity index (χ0n) is 10.8. The van der Waals surface area contributed by atoms with Crippen molar-refractivity contribution in [2.24, 2.45) is 0 Å².